The number of rotatable bonds is 6. The first kappa shape index (κ1) is 25.1. The number of ether oxygens (including phenoxy) is 1. The third-order valence-corrected chi connectivity index (χ3v) is 8.17. The van der Waals surface area contributed by atoms with E-state index >= 15 is 0 Å². The van der Waals surface area contributed by atoms with E-state index < -0.39 is 10.0 Å². The smallest absolute Gasteiger partial charge is 0.256 e. The molecule has 3 aromatic rings. The lowest BCUT2D eigenvalue weighted by atomic mass is 9.97. The van der Waals surface area contributed by atoms with Crippen molar-refractivity contribution in [2.75, 3.05) is 48.7 Å². The maximum atomic E-state index is 13.9. The third-order valence-electron chi connectivity index (χ3n) is 7.58. The average molecular weight is 539 g/mol. The van der Waals surface area contributed by atoms with Crippen molar-refractivity contribution in [1.29, 1.82) is 0 Å². The number of carbonyl (C=O) groups is 1. The zero-order valence-electron chi connectivity index (χ0n) is 21.9. The van der Waals surface area contributed by atoms with Crippen molar-refractivity contribution < 1.29 is 17.9 Å². The van der Waals surface area contributed by atoms with Gasteiger partial charge >= 0.3 is 0 Å². The summed E-state index contributed by atoms with van der Waals surface area (Å²) in [5, 5.41) is 5.02. The van der Waals surface area contributed by atoms with Gasteiger partial charge in [0, 0.05) is 43.4 Å². The van der Waals surface area contributed by atoms with Crippen molar-refractivity contribution in [2.24, 2.45) is 0 Å². The Morgan fingerprint density at radius 2 is 1.82 bits per heavy atom. The lowest BCUT2D eigenvalue weighted by molar-refractivity contribution is 0.0606. The van der Waals surface area contributed by atoms with E-state index in [2.05, 4.69) is 15.7 Å². The zero-order valence-corrected chi connectivity index (χ0v) is 22.7. The maximum Gasteiger partial charge on any atom is 0.256 e. The minimum absolute atomic E-state index is 0.193. The number of carbonyl (C=O) groups excluding carboxylic acids is 1. The minimum atomic E-state index is -3.54. The second kappa shape index (κ2) is 9.85. The molecule has 1 atom stereocenters. The molecule has 11 heteroatoms. The number of amides is 1. The summed E-state index contributed by atoms with van der Waals surface area (Å²) in [7, 11) is -3.54. The van der Waals surface area contributed by atoms with Crippen LogP contribution in [0.1, 0.15) is 71.4 Å². The molecule has 10 nitrogen and oxygen atoms in total. The van der Waals surface area contributed by atoms with Crippen LogP contribution in [0.15, 0.2) is 30.3 Å². The van der Waals surface area contributed by atoms with Gasteiger partial charge in [-0.2, -0.15) is 9.61 Å². The van der Waals surface area contributed by atoms with Crippen LogP contribution in [0.3, 0.4) is 0 Å². The normalized spacial score (nSPS) is 20.6. The molecule has 0 spiro atoms. The van der Waals surface area contributed by atoms with Crippen molar-refractivity contribution in [2.45, 2.75) is 51.0 Å². The molecule has 2 saturated heterocycles. The molecule has 202 valence electrons. The van der Waals surface area contributed by atoms with Gasteiger partial charge in [0.15, 0.2) is 5.65 Å². The number of morpholine rings is 1. The number of benzene rings is 1. The van der Waals surface area contributed by atoms with Gasteiger partial charge in [0.2, 0.25) is 10.0 Å². The molecule has 4 heterocycles. The molecule has 1 saturated carbocycles. The van der Waals surface area contributed by atoms with E-state index in [0.717, 1.165) is 79.9 Å². The number of sulfonamides is 1. The molecular formula is C27H34N6O4S. The summed E-state index contributed by atoms with van der Waals surface area (Å²) in [5.41, 5.74) is 4.28. The SMILES string of the molecule is Cc1ccc(NS(C)(=O)=O)c(C(=O)N2CCCCC2c2cc3nc(C4CC4)cc(N4CCOCC4)n3n2)c1. The molecule has 1 amide bonds. The van der Waals surface area contributed by atoms with E-state index in [1.807, 2.05) is 22.4 Å². The molecule has 3 aliphatic rings. The Labute approximate surface area is 223 Å². The largest absolute Gasteiger partial charge is 0.378 e. The number of nitrogens with one attached hydrogen (secondary N) is 1. The molecule has 38 heavy (non-hydrogen) atoms. The summed E-state index contributed by atoms with van der Waals surface area (Å²) in [6.45, 7) is 5.45. The predicted molar refractivity (Wildman–Crippen MR) is 145 cm³/mol. The second-order valence-corrected chi connectivity index (χ2v) is 12.4. The Morgan fingerprint density at radius 1 is 1.03 bits per heavy atom. The summed E-state index contributed by atoms with van der Waals surface area (Å²) in [5.74, 6) is 1.34. The minimum Gasteiger partial charge on any atom is -0.378 e. The van der Waals surface area contributed by atoms with Crippen LogP contribution in [0.4, 0.5) is 11.5 Å². The molecule has 2 aromatic heterocycles. The van der Waals surface area contributed by atoms with Gasteiger partial charge < -0.3 is 14.5 Å². The van der Waals surface area contributed by atoms with Crippen molar-refractivity contribution >= 4 is 33.1 Å². The van der Waals surface area contributed by atoms with Gasteiger partial charge in [-0.15, -0.1) is 0 Å². The molecule has 1 aromatic carbocycles. The van der Waals surface area contributed by atoms with E-state index in [-0.39, 0.29) is 11.9 Å². The number of hydrogen-bond donors (Lipinski definition) is 1. The summed E-state index contributed by atoms with van der Waals surface area (Å²) < 4.78 is 34.0. The fourth-order valence-electron chi connectivity index (χ4n) is 5.52. The number of likely N-dealkylation sites (tertiary alicyclic amines) is 1. The van der Waals surface area contributed by atoms with Gasteiger partial charge in [-0.25, -0.2) is 13.4 Å². The third kappa shape index (κ3) is 5.09. The van der Waals surface area contributed by atoms with Crippen molar-refractivity contribution in [3.63, 3.8) is 0 Å². The van der Waals surface area contributed by atoms with E-state index in [4.69, 9.17) is 14.8 Å². The fraction of sp³-hybridized carbons (Fsp3) is 0.519. The first-order valence-corrected chi connectivity index (χ1v) is 15.3. The standard InChI is InChI=1S/C27H34N6O4S/c1-18-6-9-21(30-38(2,35)36)20(15-18)27(34)32-10-4-3-5-24(32)23-16-25-28-22(19-7-8-19)17-26(33(25)29-23)31-11-13-37-14-12-31/h6,9,15-17,19,24,30H,3-5,7-8,10-14H2,1-2H3. The Hall–Kier alpha value is -3.18. The van der Waals surface area contributed by atoms with Crippen molar-refractivity contribution in [1.82, 2.24) is 19.5 Å². The van der Waals surface area contributed by atoms with Gasteiger partial charge in [-0.3, -0.25) is 9.52 Å². The average Bonchev–Trinajstić information content (AvgIpc) is 3.67. The Kier molecular flexibility index (Phi) is 6.51. The highest BCUT2D eigenvalue weighted by Crippen LogP contribution is 2.41. The number of fused-ring (bicyclic) bond motifs is 1. The van der Waals surface area contributed by atoms with E-state index in [0.29, 0.717) is 36.9 Å². The monoisotopic (exact) mass is 538 g/mol. The Morgan fingerprint density at radius 3 is 2.55 bits per heavy atom. The number of piperidine rings is 1. The molecule has 1 unspecified atom stereocenters. The number of hydrogen-bond acceptors (Lipinski definition) is 7. The van der Waals surface area contributed by atoms with Gasteiger partial charge in [0.1, 0.15) is 5.82 Å². The highest BCUT2D eigenvalue weighted by Gasteiger charge is 2.33. The first-order valence-electron chi connectivity index (χ1n) is 13.4. The summed E-state index contributed by atoms with van der Waals surface area (Å²) in [6.07, 6.45) is 6.09. The maximum absolute atomic E-state index is 13.9. The lowest BCUT2D eigenvalue weighted by Gasteiger charge is -2.35. The predicted octanol–water partition coefficient (Wildman–Crippen LogP) is 3.49. The van der Waals surface area contributed by atoms with Crippen molar-refractivity contribution in [3.05, 3.63) is 52.8 Å². The summed E-state index contributed by atoms with van der Waals surface area (Å²) in [4.78, 5) is 23.1. The van der Waals surface area contributed by atoms with Gasteiger partial charge in [-0.1, -0.05) is 11.6 Å². The first-order chi connectivity index (χ1) is 18.3. The molecule has 1 aliphatic carbocycles. The highest BCUT2D eigenvalue weighted by molar-refractivity contribution is 7.92. The van der Waals surface area contributed by atoms with Crippen LogP contribution in [-0.2, 0) is 14.8 Å². The zero-order chi connectivity index (χ0) is 26.4. The molecule has 0 radical (unpaired) electrons. The second-order valence-electron chi connectivity index (χ2n) is 10.7. The van der Waals surface area contributed by atoms with Gasteiger partial charge in [-0.05, 0) is 51.2 Å². The van der Waals surface area contributed by atoms with E-state index in [1.165, 1.54) is 0 Å². The van der Waals surface area contributed by atoms with Gasteiger partial charge in [0.25, 0.3) is 5.91 Å². The number of aromatic nitrogens is 3. The quantitative estimate of drug-likeness (QED) is 0.512. The molecule has 6 rings (SSSR count). The van der Waals surface area contributed by atoms with Crippen LogP contribution in [-0.4, -0.2) is 72.9 Å². The Balaban J connectivity index is 1.38. The van der Waals surface area contributed by atoms with Gasteiger partial charge in [0.05, 0.1) is 42.5 Å². The molecule has 2 aliphatic heterocycles. The highest BCUT2D eigenvalue weighted by atomic mass is 32.2. The van der Waals surface area contributed by atoms with E-state index in [9.17, 15) is 13.2 Å². The van der Waals surface area contributed by atoms with E-state index in [1.54, 1.807) is 18.2 Å². The van der Waals surface area contributed by atoms with Crippen LogP contribution in [0, 0.1) is 6.92 Å². The van der Waals surface area contributed by atoms with Crippen LogP contribution in [0.25, 0.3) is 5.65 Å². The van der Waals surface area contributed by atoms with Crippen LogP contribution in [0.5, 0.6) is 0 Å². The molecule has 0 bridgehead atoms. The molecule has 1 N–H and O–H groups in total. The van der Waals surface area contributed by atoms with Crippen LogP contribution < -0.4 is 9.62 Å². The fourth-order valence-corrected chi connectivity index (χ4v) is 6.10. The summed E-state index contributed by atoms with van der Waals surface area (Å²) in [6, 6.07) is 9.20. The Bertz CT molecular complexity index is 1480. The number of anilines is 2. The molecular weight excluding hydrogens is 504 g/mol. The number of aryl methyl sites for hydroxylation is 1. The van der Waals surface area contributed by atoms with Crippen LogP contribution in [0.2, 0.25) is 0 Å². The van der Waals surface area contributed by atoms with Crippen molar-refractivity contribution in [3.8, 4) is 0 Å². The lowest BCUT2D eigenvalue weighted by Crippen LogP contribution is -2.39. The number of nitrogens with zero attached hydrogens (tertiary/aromatic N) is 5. The van der Waals surface area contributed by atoms with Crippen LogP contribution >= 0.6 is 0 Å². The topological polar surface area (TPSA) is 109 Å². The summed E-state index contributed by atoms with van der Waals surface area (Å²) >= 11 is 0. The molecule has 3 fully saturated rings.